The van der Waals surface area contributed by atoms with Crippen LogP contribution in [0.25, 0.3) is 0 Å². The van der Waals surface area contributed by atoms with Crippen LogP contribution in [0.4, 0.5) is 0 Å². The van der Waals surface area contributed by atoms with E-state index < -0.39 is 0 Å². The number of rotatable bonds is 4. The van der Waals surface area contributed by atoms with Crippen LogP contribution in [0, 0.1) is 19.8 Å². The molecule has 0 radical (unpaired) electrons. The van der Waals surface area contributed by atoms with Crippen LogP contribution in [0.15, 0.2) is 18.2 Å². The molecule has 1 aromatic carbocycles. The van der Waals surface area contributed by atoms with Crippen LogP contribution in [0.5, 0.6) is 5.75 Å². The molecule has 0 spiro atoms. The zero-order valence-electron chi connectivity index (χ0n) is 12.7. The van der Waals surface area contributed by atoms with Gasteiger partial charge in [-0.2, -0.15) is 0 Å². The normalized spacial score (nSPS) is 22.4. The zero-order valence-corrected chi connectivity index (χ0v) is 12.7. The Labute approximate surface area is 121 Å². The maximum absolute atomic E-state index is 11.9. The number of amides is 1. The minimum absolute atomic E-state index is 0.0113. The molecule has 0 bridgehead atoms. The molecule has 1 aliphatic rings. The topological polar surface area (TPSA) is 38.3 Å². The molecule has 1 fully saturated rings. The molecule has 0 atom stereocenters. The molecule has 1 N–H and O–H groups in total. The van der Waals surface area contributed by atoms with Crippen LogP contribution >= 0.6 is 0 Å². The predicted octanol–water partition coefficient (Wildman–Crippen LogP) is 3.38. The fourth-order valence-electron chi connectivity index (χ4n) is 2.63. The van der Waals surface area contributed by atoms with Crippen molar-refractivity contribution in [2.24, 2.45) is 5.92 Å². The van der Waals surface area contributed by atoms with E-state index >= 15 is 0 Å². The Morgan fingerprint density at radius 3 is 2.55 bits per heavy atom. The van der Waals surface area contributed by atoms with E-state index in [1.807, 2.05) is 25.1 Å². The van der Waals surface area contributed by atoms with Gasteiger partial charge in [-0.1, -0.05) is 13.0 Å². The lowest BCUT2D eigenvalue weighted by Crippen LogP contribution is -2.39. The van der Waals surface area contributed by atoms with E-state index in [-0.39, 0.29) is 12.5 Å². The first-order valence-corrected chi connectivity index (χ1v) is 7.54. The molecule has 0 heterocycles. The summed E-state index contributed by atoms with van der Waals surface area (Å²) >= 11 is 0. The number of hydrogen-bond acceptors (Lipinski definition) is 2. The van der Waals surface area contributed by atoms with Crippen molar-refractivity contribution in [3.63, 3.8) is 0 Å². The molecule has 0 saturated heterocycles. The molecule has 110 valence electrons. The lowest BCUT2D eigenvalue weighted by Gasteiger charge is -2.26. The fraction of sp³-hybridized carbons (Fsp3) is 0.588. The van der Waals surface area contributed by atoms with Crippen LogP contribution < -0.4 is 10.1 Å². The van der Waals surface area contributed by atoms with E-state index in [4.69, 9.17) is 4.74 Å². The van der Waals surface area contributed by atoms with Crippen molar-refractivity contribution in [2.45, 2.75) is 52.5 Å². The fourth-order valence-corrected chi connectivity index (χ4v) is 2.63. The summed E-state index contributed by atoms with van der Waals surface area (Å²) in [7, 11) is 0. The van der Waals surface area contributed by atoms with Crippen molar-refractivity contribution in [3.05, 3.63) is 29.3 Å². The van der Waals surface area contributed by atoms with Gasteiger partial charge in [0.2, 0.25) is 0 Å². The Hall–Kier alpha value is -1.51. The Bertz CT molecular complexity index is 462. The monoisotopic (exact) mass is 275 g/mol. The summed E-state index contributed by atoms with van der Waals surface area (Å²) in [4.78, 5) is 11.9. The molecule has 1 amide bonds. The first-order valence-electron chi connectivity index (χ1n) is 7.54. The van der Waals surface area contributed by atoms with E-state index in [0.29, 0.717) is 6.04 Å². The standard InChI is InChI=1S/C17H25NO2/c1-12-4-7-15(8-5-12)18-17(19)11-20-16-9-6-13(2)14(3)10-16/h6,9-10,12,15H,4-5,7-8,11H2,1-3H3,(H,18,19). The van der Waals surface area contributed by atoms with Crippen molar-refractivity contribution in [1.29, 1.82) is 0 Å². The molecule has 0 aliphatic heterocycles. The highest BCUT2D eigenvalue weighted by atomic mass is 16.5. The summed E-state index contributed by atoms with van der Waals surface area (Å²) in [5.41, 5.74) is 2.42. The summed E-state index contributed by atoms with van der Waals surface area (Å²) in [5.74, 6) is 1.55. The summed E-state index contributed by atoms with van der Waals surface area (Å²) in [6, 6.07) is 6.25. The quantitative estimate of drug-likeness (QED) is 0.915. The molecular formula is C17H25NO2. The van der Waals surface area contributed by atoms with Crippen LogP contribution in [0.3, 0.4) is 0 Å². The molecular weight excluding hydrogens is 250 g/mol. The third-order valence-electron chi connectivity index (χ3n) is 4.23. The van der Waals surface area contributed by atoms with Gasteiger partial charge in [-0.25, -0.2) is 0 Å². The largest absolute Gasteiger partial charge is 0.484 e. The molecule has 3 nitrogen and oxygen atoms in total. The first-order chi connectivity index (χ1) is 9.54. The number of benzene rings is 1. The highest BCUT2D eigenvalue weighted by Gasteiger charge is 2.19. The van der Waals surface area contributed by atoms with Gasteiger partial charge in [-0.15, -0.1) is 0 Å². The van der Waals surface area contributed by atoms with Gasteiger partial charge in [0.15, 0.2) is 6.61 Å². The SMILES string of the molecule is Cc1ccc(OCC(=O)NC2CCC(C)CC2)cc1C. The Kier molecular flexibility index (Phi) is 5.05. The number of carbonyl (C=O) groups is 1. The molecule has 1 saturated carbocycles. The van der Waals surface area contributed by atoms with E-state index in [1.165, 1.54) is 24.0 Å². The van der Waals surface area contributed by atoms with Crippen molar-refractivity contribution in [1.82, 2.24) is 5.32 Å². The molecule has 1 aromatic rings. The number of ether oxygens (including phenoxy) is 1. The Morgan fingerprint density at radius 2 is 1.90 bits per heavy atom. The average molecular weight is 275 g/mol. The smallest absolute Gasteiger partial charge is 0.258 e. The van der Waals surface area contributed by atoms with Gasteiger partial charge in [-0.3, -0.25) is 4.79 Å². The number of nitrogens with one attached hydrogen (secondary N) is 1. The summed E-state index contributed by atoms with van der Waals surface area (Å²) < 4.78 is 5.55. The maximum atomic E-state index is 11.9. The molecule has 3 heteroatoms. The van der Waals surface area contributed by atoms with E-state index in [0.717, 1.165) is 24.5 Å². The van der Waals surface area contributed by atoms with Gasteiger partial charge in [0, 0.05) is 6.04 Å². The van der Waals surface area contributed by atoms with Crippen molar-refractivity contribution < 1.29 is 9.53 Å². The number of hydrogen-bond donors (Lipinski definition) is 1. The third-order valence-corrected chi connectivity index (χ3v) is 4.23. The highest BCUT2D eigenvalue weighted by molar-refractivity contribution is 5.77. The third kappa shape index (κ3) is 4.26. The highest BCUT2D eigenvalue weighted by Crippen LogP contribution is 2.23. The second kappa shape index (κ2) is 6.78. The predicted molar refractivity (Wildman–Crippen MR) is 81.0 cm³/mol. The maximum Gasteiger partial charge on any atom is 0.258 e. The van der Waals surface area contributed by atoms with Crippen molar-refractivity contribution in [3.8, 4) is 5.75 Å². The van der Waals surface area contributed by atoms with Gasteiger partial charge in [0.05, 0.1) is 0 Å². The van der Waals surface area contributed by atoms with Gasteiger partial charge >= 0.3 is 0 Å². The summed E-state index contributed by atoms with van der Waals surface area (Å²) in [6.45, 7) is 6.50. The zero-order chi connectivity index (χ0) is 14.5. The average Bonchev–Trinajstić information content (AvgIpc) is 2.43. The van der Waals surface area contributed by atoms with Gasteiger partial charge in [0.1, 0.15) is 5.75 Å². The van der Waals surface area contributed by atoms with E-state index in [1.54, 1.807) is 0 Å². The van der Waals surface area contributed by atoms with Gasteiger partial charge < -0.3 is 10.1 Å². The van der Waals surface area contributed by atoms with Gasteiger partial charge in [-0.05, 0) is 68.7 Å². The van der Waals surface area contributed by atoms with Crippen LogP contribution in [0.1, 0.15) is 43.7 Å². The van der Waals surface area contributed by atoms with Crippen molar-refractivity contribution >= 4 is 5.91 Å². The Morgan fingerprint density at radius 1 is 1.20 bits per heavy atom. The van der Waals surface area contributed by atoms with Crippen LogP contribution in [0.2, 0.25) is 0 Å². The van der Waals surface area contributed by atoms with Gasteiger partial charge in [0.25, 0.3) is 5.91 Å². The molecule has 2 rings (SSSR count). The van der Waals surface area contributed by atoms with Crippen LogP contribution in [-0.4, -0.2) is 18.6 Å². The van der Waals surface area contributed by atoms with Crippen LogP contribution in [-0.2, 0) is 4.79 Å². The summed E-state index contributed by atoms with van der Waals surface area (Å²) in [5, 5.41) is 3.07. The van der Waals surface area contributed by atoms with E-state index in [9.17, 15) is 4.79 Å². The number of carbonyl (C=O) groups excluding carboxylic acids is 1. The minimum Gasteiger partial charge on any atom is -0.484 e. The molecule has 0 aromatic heterocycles. The lowest BCUT2D eigenvalue weighted by molar-refractivity contribution is -0.124. The van der Waals surface area contributed by atoms with Crippen molar-refractivity contribution in [2.75, 3.05) is 6.61 Å². The van der Waals surface area contributed by atoms with E-state index in [2.05, 4.69) is 19.2 Å². The minimum atomic E-state index is -0.0113. The molecule has 20 heavy (non-hydrogen) atoms. The number of aryl methyl sites for hydroxylation is 2. The second-order valence-electron chi connectivity index (χ2n) is 6.06. The second-order valence-corrected chi connectivity index (χ2v) is 6.06. The Balaban J connectivity index is 1.76. The molecule has 0 unspecified atom stereocenters. The lowest BCUT2D eigenvalue weighted by atomic mass is 9.87. The molecule has 1 aliphatic carbocycles. The first kappa shape index (κ1) is 14.9. The summed E-state index contributed by atoms with van der Waals surface area (Å²) in [6.07, 6.45) is 4.61.